The van der Waals surface area contributed by atoms with Gasteiger partial charge in [0, 0.05) is 30.7 Å². The first-order valence-corrected chi connectivity index (χ1v) is 7.40. The van der Waals surface area contributed by atoms with E-state index >= 15 is 0 Å². The summed E-state index contributed by atoms with van der Waals surface area (Å²) in [5.41, 5.74) is 1.33. The molecule has 0 amide bonds. The number of fused-ring (bicyclic) bond motifs is 1. The van der Waals surface area contributed by atoms with Gasteiger partial charge in [0.05, 0.1) is 11.1 Å². The van der Waals surface area contributed by atoms with E-state index in [9.17, 15) is 5.11 Å². The molecule has 3 nitrogen and oxygen atoms in total. The van der Waals surface area contributed by atoms with Gasteiger partial charge in [0.2, 0.25) is 0 Å². The number of aromatic nitrogens is 1. The van der Waals surface area contributed by atoms with Gasteiger partial charge in [0.15, 0.2) is 0 Å². The number of hydrogen-bond acceptors (Lipinski definition) is 3. The van der Waals surface area contributed by atoms with Gasteiger partial charge in [-0.25, -0.2) is 0 Å². The highest BCUT2D eigenvalue weighted by Gasteiger charge is 2.34. The van der Waals surface area contributed by atoms with Crippen LogP contribution < -0.4 is 0 Å². The van der Waals surface area contributed by atoms with E-state index in [2.05, 4.69) is 35.9 Å². The molecule has 1 fully saturated rings. The second-order valence-electron chi connectivity index (χ2n) is 6.07. The van der Waals surface area contributed by atoms with Crippen LogP contribution in [0.2, 0.25) is 0 Å². The third-order valence-electron chi connectivity index (χ3n) is 4.50. The molecule has 0 radical (unpaired) electrons. The van der Waals surface area contributed by atoms with Crippen LogP contribution in [0.1, 0.15) is 32.3 Å². The first-order chi connectivity index (χ1) is 9.58. The molecule has 1 aliphatic heterocycles. The van der Waals surface area contributed by atoms with Gasteiger partial charge in [-0.2, -0.15) is 0 Å². The number of nitrogens with zero attached hydrogens (tertiary/aromatic N) is 2. The molecule has 0 bridgehead atoms. The van der Waals surface area contributed by atoms with Crippen molar-refractivity contribution in [3.8, 4) is 0 Å². The van der Waals surface area contributed by atoms with Gasteiger partial charge < -0.3 is 10.0 Å². The van der Waals surface area contributed by atoms with E-state index in [4.69, 9.17) is 0 Å². The third kappa shape index (κ3) is 2.43. The van der Waals surface area contributed by atoms with Crippen LogP contribution in [0.25, 0.3) is 10.9 Å². The standard InChI is InChI=1S/C17H22N2O/c1-13(2)19-10-7-17(20,8-11-19)15-5-6-16-14(12-15)4-3-9-18-16/h3-6,9,12-13,20H,7-8,10-11H2,1-2H3. The van der Waals surface area contributed by atoms with Gasteiger partial charge in [0.25, 0.3) is 0 Å². The molecule has 2 aromatic rings. The molecular formula is C17H22N2O. The van der Waals surface area contributed by atoms with Crippen molar-refractivity contribution in [3.63, 3.8) is 0 Å². The number of benzene rings is 1. The van der Waals surface area contributed by atoms with Crippen LogP contribution in [0.3, 0.4) is 0 Å². The van der Waals surface area contributed by atoms with E-state index in [1.165, 1.54) is 0 Å². The summed E-state index contributed by atoms with van der Waals surface area (Å²) in [5, 5.41) is 12.1. The molecule has 0 aliphatic carbocycles. The number of aliphatic hydroxyl groups is 1. The van der Waals surface area contributed by atoms with Gasteiger partial charge in [-0.15, -0.1) is 0 Å². The van der Waals surface area contributed by atoms with Crippen LogP contribution in [0, 0.1) is 0 Å². The van der Waals surface area contributed by atoms with Crippen molar-refractivity contribution in [3.05, 3.63) is 42.1 Å². The van der Waals surface area contributed by atoms with Crippen molar-refractivity contribution in [2.45, 2.75) is 38.3 Å². The summed E-state index contributed by atoms with van der Waals surface area (Å²) in [4.78, 5) is 6.76. The molecule has 0 saturated carbocycles. The molecular weight excluding hydrogens is 248 g/mol. The lowest BCUT2D eigenvalue weighted by Crippen LogP contribution is -2.45. The van der Waals surface area contributed by atoms with E-state index in [1.807, 2.05) is 18.2 Å². The molecule has 1 aromatic heterocycles. The largest absolute Gasteiger partial charge is 0.385 e. The van der Waals surface area contributed by atoms with Crippen LogP contribution >= 0.6 is 0 Å². The Morgan fingerprint density at radius 1 is 1.20 bits per heavy atom. The first kappa shape index (κ1) is 13.5. The quantitative estimate of drug-likeness (QED) is 0.911. The molecule has 3 heteroatoms. The third-order valence-corrected chi connectivity index (χ3v) is 4.50. The molecule has 3 rings (SSSR count). The summed E-state index contributed by atoms with van der Waals surface area (Å²) in [5.74, 6) is 0. The average molecular weight is 270 g/mol. The van der Waals surface area contributed by atoms with Gasteiger partial charge in [0.1, 0.15) is 0 Å². The van der Waals surface area contributed by atoms with E-state index in [-0.39, 0.29) is 0 Å². The second kappa shape index (κ2) is 5.15. The molecule has 1 N–H and O–H groups in total. The summed E-state index contributed by atoms with van der Waals surface area (Å²) in [6, 6.07) is 10.7. The Labute approximate surface area is 120 Å². The van der Waals surface area contributed by atoms with Crippen LogP contribution in [0.5, 0.6) is 0 Å². The van der Waals surface area contributed by atoms with Crippen molar-refractivity contribution in [1.29, 1.82) is 0 Å². The maximum Gasteiger partial charge on any atom is 0.0921 e. The Morgan fingerprint density at radius 3 is 2.65 bits per heavy atom. The minimum absolute atomic E-state index is 0.556. The van der Waals surface area contributed by atoms with Crippen LogP contribution in [0.4, 0.5) is 0 Å². The number of piperidine rings is 1. The number of pyridine rings is 1. The second-order valence-corrected chi connectivity index (χ2v) is 6.07. The Bertz CT molecular complexity index is 601. The van der Waals surface area contributed by atoms with Gasteiger partial charge in [-0.3, -0.25) is 4.98 Å². The average Bonchev–Trinajstić information content (AvgIpc) is 2.47. The Balaban J connectivity index is 1.87. The predicted molar refractivity (Wildman–Crippen MR) is 81.6 cm³/mol. The van der Waals surface area contributed by atoms with Gasteiger partial charge >= 0.3 is 0 Å². The fraction of sp³-hybridized carbons (Fsp3) is 0.471. The summed E-state index contributed by atoms with van der Waals surface area (Å²) in [6.07, 6.45) is 3.41. The SMILES string of the molecule is CC(C)N1CCC(O)(c2ccc3ncccc3c2)CC1. The number of hydrogen-bond donors (Lipinski definition) is 1. The Morgan fingerprint density at radius 2 is 1.95 bits per heavy atom. The van der Waals surface area contributed by atoms with Gasteiger partial charge in [-0.1, -0.05) is 12.1 Å². The zero-order valence-corrected chi connectivity index (χ0v) is 12.2. The van der Waals surface area contributed by atoms with E-state index < -0.39 is 5.60 Å². The summed E-state index contributed by atoms with van der Waals surface area (Å²) < 4.78 is 0. The Hall–Kier alpha value is -1.45. The normalized spacial score (nSPS) is 19.6. The molecule has 0 spiro atoms. The molecule has 20 heavy (non-hydrogen) atoms. The lowest BCUT2D eigenvalue weighted by molar-refractivity contribution is -0.0322. The van der Waals surface area contributed by atoms with Crippen molar-refractivity contribution in [1.82, 2.24) is 9.88 Å². The molecule has 106 valence electrons. The zero-order valence-electron chi connectivity index (χ0n) is 12.2. The molecule has 0 unspecified atom stereocenters. The maximum absolute atomic E-state index is 11.0. The molecule has 1 aromatic carbocycles. The van der Waals surface area contributed by atoms with Crippen molar-refractivity contribution < 1.29 is 5.11 Å². The topological polar surface area (TPSA) is 36.4 Å². The van der Waals surface area contributed by atoms with E-state index in [1.54, 1.807) is 6.20 Å². The fourth-order valence-corrected chi connectivity index (χ4v) is 3.06. The molecule has 1 aliphatic rings. The predicted octanol–water partition coefficient (Wildman–Crippen LogP) is 2.93. The zero-order chi connectivity index (χ0) is 14.2. The highest BCUT2D eigenvalue weighted by atomic mass is 16.3. The lowest BCUT2D eigenvalue weighted by atomic mass is 9.83. The van der Waals surface area contributed by atoms with E-state index in [0.29, 0.717) is 6.04 Å². The lowest BCUT2D eigenvalue weighted by Gasteiger charge is -2.40. The Kier molecular flexibility index (Phi) is 3.48. The number of likely N-dealkylation sites (tertiary alicyclic amines) is 1. The van der Waals surface area contributed by atoms with Gasteiger partial charge in [-0.05, 0) is 50.5 Å². The van der Waals surface area contributed by atoms with Crippen LogP contribution in [-0.2, 0) is 5.60 Å². The molecule has 1 saturated heterocycles. The minimum atomic E-state index is -0.685. The van der Waals surface area contributed by atoms with Crippen LogP contribution in [0.15, 0.2) is 36.5 Å². The van der Waals surface area contributed by atoms with Crippen molar-refractivity contribution in [2.24, 2.45) is 0 Å². The summed E-state index contributed by atoms with van der Waals surface area (Å²) in [6.45, 7) is 6.34. The number of rotatable bonds is 2. The molecule has 0 atom stereocenters. The summed E-state index contributed by atoms with van der Waals surface area (Å²) in [7, 11) is 0. The minimum Gasteiger partial charge on any atom is -0.385 e. The molecule has 2 heterocycles. The van der Waals surface area contributed by atoms with Crippen LogP contribution in [-0.4, -0.2) is 34.1 Å². The first-order valence-electron chi connectivity index (χ1n) is 7.40. The van der Waals surface area contributed by atoms with E-state index in [0.717, 1.165) is 42.4 Å². The van der Waals surface area contributed by atoms with Crippen molar-refractivity contribution >= 4 is 10.9 Å². The monoisotopic (exact) mass is 270 g/mol. The fourth-order valence-electron chi connectivity index (χ4n) is 3.06. The highest BCUT2D eigenvalue weighted by Crippen LogP contribution is 2.34. The highest BCUT2D eigenvalue weighted by molar-refractivity contribution is 5.79. The smallest absolute Gasteiger partial charge is 0.0921 e. The summed E-state index contributed by atoms with van der Waals surface area (Å²) >= 11 is 0. The maximum atomic E-state index is 11.0. The van der Waals surface area contributed by atoms with Crippen molar-refractivity contribution in [2.75, 3.05) is 13.1 Å².